The quantitative estimate of drug-likeness (QED) is 0.440. The predicted molar refractivity (Wildman–Crippen MR) is 97.0 cm³/mol. The number of rotatable bonds is 2. The Morgan fingerprint density at radius 2 is 1.60 bits per heavy atom. The standard InChI is InChI=1S/C20H16O5/c1-10-6-15-18-13(20(22)25-19(15)17(7-10)24-3)5-4-12-14(18)8-11(21)9-16(12)23-2/h4-9,21H,1-3H3. The zero-order chi connectivity index (χ0) is 17.7. The van der Waals surface area contributed by atoms with E-state index in [2.05, 4.69) is 0 Å². The molecule has 4 rings (SSSR count). The number of aromatic hydroxyl groups is 1. The molecule has 0 spiro atoms. The smallest absolute Gasteiger partial charge is 0.344 e. The minimum absolute atomic E-state index is 0.0675. The summed E-state index contributed by atoms with van der Waals surface area (Å²) in [6.07, 6.45) is 0. The normalized spacial score (nSPS) is 11.3. The van der Waals surface area contributed by atoms with Crippen LogP contribution in [0.25, 0.3) is 32.5 Å². The van der Waals surface area contributed by atoms with Crippen LogP contribution in [0, 0.1) is 6.92 Å². The van der Waals surface area contributed by atoms with Gasteiger partial charge in [-0.05, 0) is 48.2 Å². The van der Waals surface area contributed by atoms with Crippen LogP contribution in [0.1, 0.15) is 5.56 Å². The first-order valence-electron chi connectivity index (χ1n) is 7.78. The molecular formula is C20H16O5. The number of phenols is 1. The Kier molecular flexibility index (Phi) is 3.32. The number of phenolic OH excluding ortho intramolecular Hbond substituents is 1. The zero-order valence-electron chi connectivity index (χ0n) is 14.0. The Morgan fingerprint density at radius 3 is 2.32 bits per heavy atom. The van der Waals surface area contributed by atoms with Crippen molar-refractivity contribution in [2.75, 3.05) is 14.2 Å². The monoisotopic (exact) mass is 336 g/mol. The maximum Gasteiger partial charge on any atom is 0.344 e. The fraction of sp³-hybridized carbons (Fsp3) is 0.150. The van der Waals surface area contributed by atoms with Crippen LogP contribution in [0.2, 0.25) is 0 Å². The highest BCUT2D eigenvalue weighted by Crippen LogP contribution is 2.39. The summed E-state index contributed by atoms with van der Waals surface area (Å²) in [6.45, 7) is 1.95. The molecule has 0 saturated heterocycles. The van der Waals surface area contributed by atoms with Crippen LogP contribution in [0.4, 0.5) is 0 Å². The van der Waals surface area contributed by atoms with Gasteiger partial charge in [0.05, 0.1) is 19.6 Å². The van der Waals surface area contributed by atoms with Gasteiger partial charge in [-0.25, -0.2) is 4.79 Å². The SMILES string of the molecule is COc1cc(O)cc2c1ccc1c(=O)oc3c(OC)cc(C)cc3c12. The summed E-state index contributed by atoms with van der Waals surface area (Å²) in [6, 6.07) is 10.5. The predicted octanol–water partition coefficient (Wildman–Crippen LogP) is 4.13. The maximum atomic E-state index is 12.5. The summed E-state index contributed by atoms with van der Waals surface area (Å²) in [5.41, 5.74) is 0.915. The summed E-state index contributed by atoms with van der Waals surface area (Å²) in [5, 5.41) is 13.5. The van der Waals surface area contributed by atoms with Gasteiger partial charge in [-0.1, -0.05) is 0 Å². The van der Waals surface area contributed by atoms with Gasteiger partial charge in [0, 0.05) is 22.2 Å². The molecule has 5 nitrogen and oxygen atoms in total. The van der Waals surface area contributed by atoms with Crippen molar-refractivity contribution < 1.29 is 19.0 Å². The molecule has 0 radical (unpaired) electrons. The summed E-state index contributed by atoms with van der Waals surface area (Å²) < 4.78 is 16.3. The number of aryl methyl sites for hydroxylation is 1. The average Bonchev–Trinajstić information content (AvgIpc) is 2.60. The third-order valence-corrected chi connectivity index (χ3v) is 4.41. The van der Waals surface area contributed by atoms with Gasteiger partial charge in [0.2, 0.25) is 0 Å². The topological polar surface area (TPSA) is 68.9 Å². The van der Waals surface area contributed by atoms with Crippen LogP contribution in [-0.4, -0.2) is 19.3 Å². The highest BCUT2D eigenvalue weighted by Gasteiger charge is 2.16. The molecule has 0 unspecified atom stereocenters. The highest BCUT2D eigenvalue weighted by molar-refractivity contribution is 6.20. The van der Waals surface area contributed by atoms with Gasteiger partial charge in [0.25, 0.3) is 0 Å². The van der Waals surface area contributed by atoms with Gasteiger partial charge in [-0.2, -0.15) is 0 Å². The lowest BCUT2D eigenvalue weighted by molar-refractivity contribution is 0.407. The van der Waals surface area contributed by atoms with Crippen LogP contribution in [0.5, 0.6) is 17.2 Å². The lowest BCUT2D eigenvalue weighted by Gasteiger charge is -2.12. The van der Waals surface area contributed by atoms with Gasteiger partial charge >= 0.3 is 5.63 Å². The van der Waals surface area contributed by atoms with Crippen LogP contribution < -0.4 is 15.1 Å². The number of benzene rings is 3. The molecular weight excluding hydrogens is 320 g/mol. The molecule has 1 heterocycles. The van der Waals surface area contributed by atoms with Crippen LogP contribution >= 0.6 is 0 Å². The fourth-order valence-electron chi connectivity index (χ4n) is 3.35. The molecule has 0 aliphatic rings. The van der Waals surface area contributed by atoms with Crippen molar-refractivity contribution in [2.45, 2.75) is 6.92 Å². The number of hydrogen-bond acceptors (Lipinski definition) is 5. The van der Waals surface area contributed by atoms with Crippen molar-refractivity contribution in [3.63, 3.8) is 0 Å². The van der Waals surface area contributed by atoms with Crippen LogP contribution in [0.15, 0.2) is 45.6 Å². The molecule has 0 aliphatic heterocycles. The van der Waals surface area contributed by atoms with Crippen LogP contribution in [-0.2, 0) is 0 Å². The molecule has 0 aliphatic carbocycles. The summed E-state index contributed by atoms with van der Waals surface area (Å²) >= 11 is 0. The van der Waals surface area contributed by atoms with E-state index in [1.807, 2.05) is 19.1 Å². The van der Waals surface area contributed by atoms with Crippen molar-refractivity contribution >= 4 is 32.5 Å². The number of ether oxygens (including phenoxy) is 2. The second kappa shape index (κ2) is 5.41. The zero-order valence-corrected chi connectivity index (χ0v) is 14.0. The molecule has 126 valence electrons. The number of methoxy groups -OCH3 is 2. The van der Waals surface area contributed by atoms with E-state index in [4.69, 9.17) is 13.9 Å². The number of fused-ring (bicyclic) bond motifs is 5. The Bertz CT molecular complexity index is 1190. The van der Waals surface area contributed by atoms with Crippen molar-refractivity contribution in [2.24, 2.45) is 0 Å². The molecule has 1 aromatic heterocycles. The van der Waals surface area contributed by atoms with E-state index in [1.165, 1.54) is 7.11 Å². The molecule has 0 saturated carbocycles. The van der Waals surface area contributed by atoms with E-state index in [1.54, 1.807) is 31.4 Å². The first-order chi connectivity index (χ1) is 12.0. The Labute approximate surface area is 143 Å². The fourth-order valence-corrected chi connectivity index (χ4v) is 3.35. The lowest BCUT2D eigenvalue weighted by atomic mass is 9.98. The highest BCUT2D eigenvalue weighted by atomic mass is 16.5. The maximum absolute atomic E-state index is 12.5. The van der Waals surface area contributed by atoms with Gasteiger partial charge < -0.3 is 19.0 Å². The van der Waals surface area contributed by atoms with E-state index in [9.17, 15) is 9.90 Å². The molecule has 25 heavy (non-hydrogen) atoms. The van der Waals surface area contributed by atoms with Gasteiger partial charge in [-0.15, -0.1) is 0 Å². The van der Waals surface area contributed by atoms with Crippen molar-refractivity contribution in [3.8, 4) is 17.2 Å². The van der Waals surface area contributed by atoms with E-state index >= 15 is 0 Å². The number of hydrogen-bond donors (Lipinski definition) is 1. The Hall–Kier alpha value is -3.21. The second-order valence-electron chi connectivity index (χ2n) is 5.96. The van der Waals surface area contributed by atoms with Gasteiger partial charge in [0.15, 0.2) is 11.3 Å². The lowest BCUT2D eigenvalue weighted by Crippen LogP contribution is -2.02. The van der Waals surface area contributed by atoms with E-state index < -0.39 is 5.63 Å². The first kappa shape index (κ1) is 15.3. The summed E-state index contributed by atoms with van der Waals surface area (Å²) in [4.78, 5) is 12.5. The Balaban J connectivity index is 2.36. The minimum atomic E-state index is -0.450. The van der Waals surface area contributed by atoms with Gasteiger partial charge in [0.1, 0.15) is 11.5 Å². The molecule has 5 heteroatoms. The van der Waals surface area contributed by atoms with Crippen molar-refractivity contribution in [1.29, 1.82) is 0 Å². The molecule has 3 aromatic carbocycles. The van der Waals surface area contributed by atoms with Gasteiger partial charge in [-0.3, -0.25) is 0 Å². The van der Waals surface area contributed by atoms with E-state index in [0.29, 0.717) is 27.9 Å². The molecule has 0 atom stereocenters. The molecule has 1 N–H and O–H groups in total. The third-order valence-electron chi connectivity index (χ3n) is 4.41. The first-order valence-corrected chi connectivity index (χ1v) is 7.78. The Morgan fingerprint density at radius 1 is 0.880 bits per heavy atom. The van der Waals surface area contributed by atoms with Crippen molar-refractivity contribution in [3.05, 3.63) is 52.4 Å². The molecule has 0 bridgehead atoms. The van der Waals surface area contributed by atoms with Crippen LogP contribution in [0.3, 0.4) is 0 Å². The van der Waals surface area contributed by atoms with Crippen molar-refractivity contribution in [1.82, 2.24) is 0 Å². The van der Waals surface area contributed by atoms with E-state index in [-0.39, 0.29) is 5.75 Å². The molecule has 0 amide bonds. The largest absolute Gasteiger partial charge is 0.508 e. The molecule has 0 fully saturated rings. The average molecular weight is 336 g/mol. The molecule has 4 aromatic rings. The van der Waals surface area contributed by atoms with E-state index in [0.717, 1.165) is 21.7 Å². The second-order valence-corrected chi connectivity index (χ2v) is 5.96. The minimum Gasteiger partial charge on any atom is -0.508 e. The summed E-state index contributed by atoms with van der Waals surface area (Å²) in [7, 11) is 3.08. The third kappa shape index (κ3) is 2.20. The summed E-state index contributed by atoms with van der Waals surface area (Å²) in [5.74, 6) is 1.11.